The zero-order valence-corrected chi connectivity index (χ0v) is 16.9. The van der Waals surface area contributed by atoms with E-state index in [1.54, 1.807) is 19.2 Å². The number of benzene rings is 1. The Morgan fingerprint density at radius 1 is 1.28 bits per heavy atom. The van der Waals surface area contributed by atoms with E-state index in [-0.39, 0.29) is 18.5 Å². The summed E-state index contributed by atoms with van der Waals surface area (Å²) < 4.78 is 19.3. The van der Waals surface area contributed by atoms with Gasteiger partial charge in [0, 0.05) is 49.6 Å². The Morgan fingerprint density at radius 3 is 2.86 bits per heavy atom. The van der Waals surface area contributed by atoms with Gasteiger partial charge in [-0.05, 0) is 56.2 Å². The van der Waals surface area contributed by atoms with Crippen molar-refractivity contribution < 1.29 is 14.2 Å². The summed E-state index contributed by atoms with van der Waals surface area (Å²) in [6, 6.07) is 4.94. The maximum Gasteiger partial charge on any atom is 0.225 e. The fourth-order valence-corrected chi connectivity index (χ4v) is 4.26. The summed E-state index contributed by atoms with van der Waals surface area (Å²) in [6.07, 6.45) is 6.89. The van der Waals surface area contributed by atoms with Gasteiger partial charge in [0.25, 0.3) is 0 Å². The van der Waals surface area contributed by atoms with E-state index in [1.165, 1.54) is 6.07 Å². The van der Waals surface area contributed by atoms with Crippen molar-refractivity contribution in [1.29, 1.82) is 0 Å². The van der Waals surface area contributed by atoms with Gasteiger partial charge in [0.2, 0.25) is 5.95 Å². The summed E-state index contributed by atoms with van der Waals surface area (Å²) in [4.78, 5) is 11.7. The number of ether oxygens (including phenoxy) is 1. The van der Waals surface area contributed by atoms with Gasteiger partial charge in [-0.3, -0.25) is 0 Å². The molecule has 1 aliphatic carbocycles. The highest BCUT2D eigenvalue weighted by atomic mass is 19.1. The van der Waals surface area contributed by atoms with E-state index < -0.39 is 0 Å². The summed E-state index contributed by atoms with van der Waals surface area (Å²) in [5, 5.41) is 12.8. The number of hydrogen-bond donors (Lipinski definition) is 2. The number of fused-ring (bicyclic) bond motifs is 1. The average Bonchev–Trinajstić information content (AvgIpc) is 2.78. The quantitative estimate of drug-likeness (QED) is 0.777. The Bertz CT molecular complexity index is 840. The third-order valence-corrected chi connectivity index (χ3v) is 6.12. The molecule has 1 atom stereocenters. The fraction of sp³-hybridized carbons (Fsp3) is 0.545. The molecule has 2 heterocycles. The van der Waals surface area contributed by atoms with E-state index in [9.17, 15) is 9.50 Å². The molecule has 6 nitrogen and oxygen atoms in total. The molecule has 2 aromatic rings. The lowest BCUT2D eigenvalue weighted by Crippen LogP contribution is -2.36. The van der Waals surface area contributed by atoms with Gasteiger partial charge in [-0.2, -0.15) is 0 Å². The molecule has 1 saturated heterocycles. The van der Waals surface area contributed by atoms with Crippen LogP contribution >= 0.6 is 0 Å². The maximum atomic E-state index is 14.1. The summed E-state index contributed by atoms with van der Waals surface area (Å²) in [6.45, 7) is 2.48. The predicted molar refractivity (Wildman–Crippen MR) is 110 cm³/mol. The van der Waals surface area contributed by atoms with Gasteiger partial charge in [0.05, 0.1) is 12.8 Å². The van der Waals surface area contributed by atoms with Crippen LogP contribution in [0, 0.1) is 11.7 Å². The number of piperidine rings is 1. The molecule has 2 N–H and O–H groups in total. The number of nitrogens with zero attached hydrogens (tertiary/aromatic N) is 3. The number of nitrogens with one attached hydrogen (secondary N) is 1. The van der Waals surface area contributed by atoms with Crippen LogP contribution < -0.4 is 15.0 Å². The van der Waals surface area contributed by atoms with Crippen molar-refractivity contribution in [1.82, 2.24) is 15.3 Å². The van der Waals surface area contributed by atoms with Gasteiger partial charge in [-0.15, -0.1) is 0 Å². The topological polar surface area (TPSA) is 70.5 Å². The molecular weight excluding hydrogens is 371 g/mol. The monoisotopic (exact) mass is 400 g/mol. The molecule has 0 amide bonds. The molecule has 0 radical (unpaired) electrons. The third kappa shape index (κ3) is 4.51. The first-order chi connectivity index (χ1) is 14.2. The number of hydrogen-bond acceptors (Lipinski definition) is 6. The minimum atomic E-state index is -0.229. The maximum absolute atomic E-state index is 14.1. The van der Waals surface area contributed by atoms with Crippen LogP contribution in [0.4, 0.5) is 10.3 Å². The minimum Gasteiger partial charge on any atom is -0.497 e. The Balaban J connectivity index is 1.45. The standard InChI is InChI=1S/C22H29FN4O2/c1-29-17-5-6-19(23)16(11-17)12-24-20-3-2-4-21-18(20)13-25-22(26-21)27-9-7-15(14-28)8-10-27/h5-6,11,13,15,20,24,28H,2-4,7-10,12,14H2,1H3/t20-/m1/s1. The molecule has 0 bridgehead atoms. The van der Waals surface area contributed by atoms with Crippen LogP contribution in [0.3, 0.4) is 0 Å². The molecule has 2 aliphatic rings. The van der Waals surface area contributed by atoms with E-state index in [1.807, 2.05) is 6.20 Å². The van der Waals surface area contributed by atoms with Crippen molar-refractivity contribution in [2.75, 3.05) is 31.7 Å². The number of rotatable bonds is 6. The van der Waals surface area contributed by atoms with E-state index >= 15 is 0 Å². The SMILES string of the molecule is COc1ccc(F)c(CN[C@@H]2CCCc3nc(N4CCC(CO)CC4)ncc32)c1. The largest absolute Gasteiger partial charge is 0.497 e. The third-order valence-electron chi connectivity index (χ3n) is 6.12. The lowest BCUT2D eigenvalue weighted by molar-refractivity contribution is 0.202. The van der Waals surface area contributed by atoms with Gasteiger partial charge in [0.1, 0.15) is 11.6 Å². The molecule has 29 heavy (non-hydrogen) atoms. The van der Waals surface area contributed by atoms with E-state index in [0.717, 1.165) is 62.4 Å². The van der Waals surface area contributed by atoms with Crippen LogP contribution in [0.5, 0.6) is 5.75 Å². The Hall–Kier alpha value is -2.25. The van der Waals surface area contributed by atoms with Gasteiger partial charge in [-0.25, -0.2) is 14.4 Å². The van der Waals surface area contributed by atoms with E-state index in [2.05, 4.69) is 15.2 Å². The van der Waals surface area contributed by atoms with Crippen molar-refractivity contribution in [3.8, 4) is 5.75 Å². The first-order valence-electron chi connectivity index (χ1n) is 10.5. The van der Waals surface area contributed by atoms with Crippen molar-refractivity contribution in [2.24, 2.45) is 5.92 Å². The van der Waals surface area contributed by atoms with E-state index in [0.29, 0.717) is 23.8 Å². The van der Waals surface area contributed by atoms with Gasteiger partial charge in [-0.1, -0.05) is 0 Å². The first kappa shape index (κ1) is 20.0. The molecule has 1 aromatic heterocycles. The average molecular weight is 400 g/mol. The number of halogens is 1. The molecule has 1 aromatic carbocycles. The Labute approximate surface area is 171 Å². The molecule has 0 saturated carbocycles. The normalized spacial score (nSPS) is 19.8. The van der Waals surface area contributed by atoms with Crippen molar-refractivity contribution in [2.45, 2.75) is 44.7 Å². The highest BCUT2D eigenvalue weighted by molar-refractivity contribution is 5.36. The van der Waals surface area contributed by atoms with Gasteiger partial charge >= 0.3 is 0 Å². The molecule has 1 aliphatic heterocycles. The number of aromatic nitrogens is 2. The number of anilines is 1. The molecule has 1 fully saturated rings. The zero-order valence-electron chi connectivity index (χ0n) is 16.9. The number of aliphatic hydroxyl groups excluding tert-OH is 1. The van der Waals surface area contributed by atoms with Crippen molar-refractivity contribution in [3.05, 3.63) is 47.0 Å². The summed E-state index contributed by atoms with van der Waals surface area (Å²) in [5.74, 6) is 1.62. The second-order valence-corrected chi connectivity index (χ2v) is 7.97. The molecule has 0 unspecified atom stereocenters. The number of aryl methyl sites for hydroxylation is 1. The zero-order chi connectivity index (χ0) is 20.2. The molecule has 7 heteroatoms. The van der Waals surface area contributed by atoms with Crippen LogP contribution in [0.15, 0.2) is 24.4 Å². The van der Waals surface area contributed by atoms with Crippen molar-refractivity contribution in [3.63, 3.8) is 0 Å². The second-order valence-electron chi connectivity index (χ2n) is 7.97. The summed E-state index contributed by atoms with van der Waals surface area (Å²) in [5.41, 5.74) is 2.81. The van der Waals surface area contributed by atoms with Crippen LogP contribution in [0.2, 0.25) is 0 Å². The van der Waals surface area contributed by atoms with Crippen LogP contribution in [0.1, 0.15) is 48.5 Å². The highest BCUT2D eigenvalue weighted by Crippen LogP contribution is 2.30. The lowest BCUT2D eigenvalue weighted by atomic mass is 9.92. The summed E-state index contributed by atoms with van der Waals surface area (Å²) in [7, 11) is 1.59. The molecule has 0 spiro atoms. The van der Waals surface area contributed by atoms with Crippen LogP contribution in [-0.2, 0) is 13.0 Å². The Kier molecular flexibility index (Phi) is 6.25. The van der Waals surface area contributed by atoms with Crippen LogP contribution in [0.25, 0.3) is 0 Å². The smallest absolute Gasteiger partial charge is 0.225 e. The molecule has 156 valence electrons. The lowest BCUT2D eigenvalue weighted by Gasteiger charge is -2.32. The Morgan fingerprint density at radius 2 is 2.10 bits per heavy atom. The minimum absolute atomic E-state index is 0.124. The van der Waals surface area contributed by atoms with Gasteiger partial charge in [0.15, 0.2) is 0 Å². The second kappa shape index (κ2) is 9.05. The van der Waals surface area contributed by atoms with E-state index in [4.69, 9.17) is 9.72 Å². The van der Waals surface area contributed by atoms with Crippen molar-refractivity contribution >= 4 is 5.95 Å². The predicted octanol–water partition coefficient (Wildman–Crippen LogP) is 3.00. The highest BCUT2D eigenvalue weighted by Gasteiger charge is 2.25. The van der Waals surface area contributed by atoms with Gasteiger partial charge < -0.3 is 20.1 Å². The fourth-order valence-electron chi connectivity index (χ4n) is 4.26. The molecular formula is C22H29FN4O2. The first-order valence-corrected chi connectivity index (χ1v) is 10.5. The van der Waals surface area contributed by atoms with Crippen LogP contribution in [-0.4, -0.2) is 41.9 Å². The number of methoxy groups -OCH3 is 1. The molecule has 4 rings (SSSR count). The number of aliphatic hydroxyl groups is 1. The summed E-state index contributed by atoms with van der Waals surface area (Å²) >= 11 is 0.